The van der Waals surface area contributed by atoms with Crippen LogP contribution in [-0.2, 0) is 51.2 Å². The van der Waals surface area contributed by atoms with Crippen LogP contribution < -0.4 is 0 Å². The maximum absolute atomic E-state index is 2.25. The number of hydrogen-bond donors (Lipinski definition) is 0. The second kappa shape index (κ2) is 25.7. The van der Waals surface area contributed by atoms with Crippen molar-refractivity contribution < 1.29 is 51.2 Å². The maximum Gasteiger partial charge on any atom is 0 e. The second-order valence-corrected chi connectivity index (χ2v) is 9.38. The van der Waals surface area contributed by atoms with Crippen molar-refractivity contribution in [1.82, 2.24) is 0 Å². The summed E-state index contributed by atoms with van der Waals surface area (Å²) in [5.41, 5.74) is 22.0. The molecule has 0 aliphatic rings. The Morgan fingerprint density at radius 2 is 0.421 bits per heavy atom. The van der Waals surface area contributed by atoms with E-state index < -0.39 is 0 Å². The fourth-order valence-corrected chi connectivity index (χ4v) is 4.22. The molecule has 8 heteroatoms. The molecule has 0 fully saturated rings. The van der Waals surface area contributed by atoms with Crippen LogP contribution in [0.3, 0.4) is 0 Å². The molecule has 0 bridgehead atoms. The summed E-state index contributed by atoms with van der Waals surface area (Å²) in [4.78, 5) is 0. The maximum atomic E-state index is 2.25. The average Bonchev–Trinajstić information content (AvgIpc) is 3.22. The second-order valence-electron chi connectivity index (χ2n) is 9.38. The molecule has 0 aliphatic heterocycles. The summed E-state index contributed by atoms with van der Waals surface area (Å²) in [7, 11) is 0. The van der Waals surface area contributed by atoms with Gasteiger partial charge in [0.15, 0.2) is 0 Å². The van der Waals surface area contributed by atoms with E-state index in [9.17, 15) is 0 Å². The molecule has 3 aromatic carbocycles. The Morgan fingerprint density at radius 1 is 0.342 bits per heavy atom. The summed E-state index contributed by atoms with van der Waals surface area (Å²) < 4.78 is 0. The van der Waals surface area contributed by atoms with Crippen LogP contribution >= 0.6 is 0 Å². The van der Waals surface area contributed by atoms with Gasteiger partial charge in [0.05, 0.1) is 0 Å². The Balaban J connectivity index is -0.0000000902. The molecule has 0 spiro atoms. The first kappa shape index (κ1) is 52.8. The molecular formula is C30H49Fe3Se5+13. The topological polar surface area (TPSA) is 0 Å². The van der Waals surface area contributed by atoms with E-state index in [2.05, 4.69) is 161 Å². The summed E-state index contributed by atoms with van der Waals surface area (Å²) in [6.07, 6.45) is 0. The van der Waals surface area contributed by atoms with Gasteiger partial charge in [-0.2, -0.15) is 83.5 Å². The molecule has 0 N–H and O–H groups in total. The summed E-state index contributed by atoms with van der Waals surface area (Å²) >= 11 is 9.00. The normalized spacial score (nSPS) is 8.61. The zero-order valence-electron chi connectivity index (χ0n) is 25.8. The molecule has 38 heavy (non-hydrogen) atoms. The third kappa shape index (κ3) is 13.7. The monoisotopic (exact) mass is 977 g/mol. The van der Waals surface area contributed by atoms with Gasteiger partial charge in [-0.1, -0.05) is 104 Å². The van der Waals surface area contributed by atoms with Crippen molar-refractivity contribution in [2.75, 3.05) is 0 Å². The van der Waals surface area contributed by atoms with Gasteiger partial charge in [0.1, 0.15) is 0 Å². The van der Waals surface area contributed by atoms with Crippen molar-refractivity contribution in [2.45, 2.75) is 104 Å². The zero-order valence-corrected chi connectivity index (χ0v) is 38.3. The van der Waals surface area contributed by atoms with E-state index in [0.29, 0.717) is 0 Å². The minimum Gasteiger partial charge on any atom is 0 e. The molecule has 0 heterocycles. The van der Waals surface area contributed by atoms with Crippen LogP contribution in [0, 0.1) is 104 Å². The van der Waals surface area contributed by atoms with Crippen LogP contribution in [0.2, 0.25) is 0 Å². The minimum atomic E-state index is 0. The molecule has 210 valence electrons. The van der Waals surface area contributed by atoms with Crippen molar-refractivity contribution in [2.24, 2.45) is 0 Å². The summed E-state index contributed by atoms with van der Waals surface area (Å²) in [6, 6.07) is 0. The molecule has 4 radical (unpaired) electrons. The first-order chi connectivity index (χ1) is 15.7. The van der Waals surface area contributed by atoms with Crippen LogP contribution in [0.4, 0.5) is 0 Å². The molecule has 0 aromatic heterocycles. The quantitative estimate of drug-likeness (QED) is 0.196. The molecule has 3 rings (SSSR count). The SMILES string of the molecule is Cc1c(C)c(C)[c-](C)c1C.Cc1c(C)c(C)[c-](C)c1C.Cc1c(C)c(C)[c-](C)c1C.[Fe+5].[Fe+5].[Fe+6].[SeH][SeH].[SeH][SeH].[Se]. The van der Waals surface area contributed by atoms with Crippen molar-refractivity contribution >= 4 is 73.8 Å². The molecule has 3 aromatic rings. The zero-order chi connectivity index (χ0) is 27.7. The Labute approximate surface area is 308 Å². The summed E-state index contributed by atoms with van der Waals surface area (Å²) in [5, 5.41) is 0. The van der Waals surface area contributed by atoms with E-state index in [4.69, 9.17) is 0 Å². The number of rotatable bonds is 0. The fraction of sp³-hybridized carbons (Fsp3) is 0.500. The summed E-state index contributed by atoms with van der Waals surface area (Å²) in [5.74, 6) is 0. The first-order valence-electron chi connectivity index (χ1n) is 11.6. The fourth-order valence-electron chi connectivity index (χ4n) is 4.22. The van der Waals surface area contributed by atoms with Gasteiger partial charge in [0.25, 0.3) is 0 Å². The molecule has 0 aliphatic carbocycles. The predicted octanol–water partition coefficient (Wildman–Crippen LogP) is 5.86. The van der Waals surface area contributed by atoms with E-state index in [-0.39, 0.29) is 68.3 Å². The van der Waals surface area contributed by atoms with E-state index in [1.807, 2.05) is 0 Å². The largest absolute Gasteiger partial charge is 0 e. The van der Waals surface area contributed by atoms with Gasteiger partial charge in [0.2, 0.25) is 0 Å². The molecule has 0 saturated heterocycles. The molecular weight excluding hydrogens is 923 g/mol. The van der Waals surface area contributed by atoms with Crippen LogP contribution in [0.25, 0.3) is 0 Å². The molecule has 0 atom stereocenters. The van der Waals surface area contributed by atoms with Crippen molar-refractivity contribution in [1.29, 1.82) is 0 Å². The Morgan fingerprint density at radius 3 is 0.447 bits per heavy atom. The Hall–Kier alpha value is 2.21. The minimum absolute atomic E-state index is 0. The molecule has 0 unspecified atom stereocenters. The van der Waals surface area contributed by atoms with Crippen LogP contribution in [0.15, 0.2) is 0 Å². The third-order valence-corrected chi connectivity index (χ3v) is 8.44. The molecule has 0 amide bonds. The molecule has 0 nitrogen and oxygen atoms in total. The summed E-state index contributed by atoms with van der Waals surface area (Å²) in [6.45, 7) is 33.0. The van der Waals surface area contributed by atoms with Gasteiger partial charge < -0.3 is 0 Å². The first-order valence-corrected chi connectivity index (χ1v) is 22.1. The van der Waals surface area contributed by atoms with E-state index >= 15 is 0 Å². The van der Waals surface area contributed by atoms with E-state index in [1.165, 1.54) is 83.5 Å². The van der Waals surface area contributed by atoms with Gasteiger partial charge in [-0.15, -0.1) is 0 Å². The standard InChI is InChI=1S/3C10H15.3Fe.2H2Se2.Se/c3*1-6-7(2)9(4)10(5)8(6)3;;;;2*1-2;/h3*1-5H3;;;;2*1-2H;/q3*-1;2*+5;+6;;;. The smallest absolute Gasteiger partial charge is 0 e. The van der Waals surface area contributed by atoms with Crippen LogP contribution in [0.1, 0.15) is 83.5 Å². The van der Waals surface area contributed by atoms with Gasteiger partial charge >= 0.3 is 108 Å². The molecule has 0 saturated carbocycles. The van der Waals surface area contributed by atoms with Crippen LogP contribution in [-0.4, -0.2) is 73.8 Å². The van der Waals surface area contributed by atoms with Crippen molar-refractivity contribution in [3.8, 4) is 0 Å². The Kier molecular flexibility index (Phi) is 35.7. The average molecular weight is 972 g/mol. The van der Waals surface area contributed by atoms with Crippen molar-refractivity contribution in [3.05, 3.63) is 83.5 Å². The number of hydrogen-bond acceptors (Lipinski definition) is 0. The predicted molar refractivity (Wildman–Crippen MR) is 172 cm³/mol. The van der Waals surface area contributed by atoms with Gasteiger partial charge in [-0.3, -0.25) is 0 Å². The van der Waals surface area contributed by atoms with Gasteiger partial charge in [-0.05, 0) is 0 Å². The van der Waals surface area contributed by atoms with Gasteiger partial charge in [-0.25, -0.2) is 0 Å². The van der Waals surface area contributed by atoms with Gasteiger partial charge in [0, 0.05) is 17.1 Å². The van der Waals surface area contributed by atoms with Crippen LogP contribution in [0.5, 0.6) is 0 Å². The van der Waals surface area contributed by atoms with E-state index in [0.717, 1.165) is 0 Å². The van der Waals surface area contributed by atoms with Crippen molar-refractivity contribution in [3.63, 3.8) is 0 Å². The Bertz CT molecular complexity index is 683. The third-order valence-electron chi connectivity index (χ3n) is 8.44. The van der Waals surface area contributed by atoms with E-state index in [1.54, 1.807) is 0 Å².